The molecule has 1 unspecified atom stereocenters. The van der Waals surface area contributed by atoms with Crippen LogP contribution in [0.2, 0.25) is 0 Å². The number of para-hydroxylation sites is 1. The monoisotopic (exact) mass is 586 g/mol. The van der Waals surface area contributed by atoms with Crippen molar-refractivity contribution in [3.8, 4) is 17.4 Å². The van der Waals surface area contributed by atoms with Gasteiger partial charge >= 0.3 is 11.3 Å². The zero-order chi connectivity index (χ0) is 29.5. The summed E-state index contributed by atoms with van der Waals surface area (Å²) >= 11 is 0. The molecule has 5 aromatic heterocycles. The van der Waals surface area contributed by atoms with Gasteiger partial charge < -0.3 is 4.74 Å². The molecule has 0 radical (unpaired) electrons. The summed E-state index contributed by atoms with van der Waals surface area (Å²) in [6.45, 7) is 0. The van der Waals surface area contributed by atoms with Gasteiger partial charge in [-0.05, 0) is 65.4 Å². The van der Waals surface area contributed by atoms with E-state index in [9.17, 15) is 0 Å². The van der Waals surface area contributed by atoms with Crippen LogP contribution in [0.1, 0.15) is 11.3 Å². The molecule has 0 N–H and O–H groups in total. The fourth-order valence-electron chi connectivity index (χ4n) is 9.55. The van der Waals surface area contributed by atoms with Gasteiger partial charge in [-0.25, -0.2) is 0 Å². The fourth-order valence-corrected chi connectivity index (χ4v) is 9.55. The van der Waals surface area contributed by atoms with Crippen molar-refractivity contribution in [2.24, 2.45) is 0 Å². The molecule has 3 aliphatic heterocycles. The third-order valence-corrected chi connectivity index (χ3v) is 11.0. The maximum absolute atomic E-state index is 6.97. The average Bonchev–Trinajstić information content (AvgIpc) is 3.75. The van der Waals surface area contributed by atoms with Crippen LogP contribution >= 0.6 is 0 Å². The predicted molar refractivity (Wildman–Crippen MR) is 180 cm³/mol. The van der Waals surface area contributed by atoms with Gasteiger partial charge in [0.1, 0.15) is 22.3 Å². The fraction of sp³-hybridized carbons (Fsp3) is 0.0244. The lowest BCUT2D eigenvalue weighted by Crippen LogP contribution is -2.76. The lowest BCUT2D eigenvalue weighted by atomic mass is 9.87. The number of rotatable bonds is 0. The van der Waals surface area contributed by atoms with E-state index in [0.717, 1.165) is 23.1 Å². The Balaban J connectivity index is 1.40. The Hall–Kier alpha value is -6.20. The van der Waals surface area contributed by atoms with E-state index in [1.54, 1.807) is 0 Å². The second kappa shape index (κ2) is 7.03. The number of ether oxygens (including phenoxy) is 1. The van der Waals surface area contributed by atoms with Crippen LogP contribution in [0.15, 0.2) is 134 Å². The van der Waals surface area contributed by atoms with E-state index in [1.165, 1.54) is 76.3 Å². The molecular formula is C41H22N4O+2. The lowest BCUT2D eigenvalue weighted by Gasteiger charge is -2.34. The summed E-state index contributed by atoms with van der Waals surface area (Å²) in [6.07, 6.45) is 2.27. The van der Waals surface area contributed by atoms with Crippen molar-refractivity contribution in [3.63, 3.8) is 0 Å². The van der Waals surface area contributed by atoms with E-state index >= 15 is 0 Å². The first-order valence-corrected chi connectivity index (χ1v) is 15.9. The molecule has 1 atom stereocenters. The molecule has 0 bridgehead atoms. The summed E-state index contributed by atoms with van der Waals surface area (Å²) in [7, 11) is 0. The molecule has 1 spiro atoms. The Bertz CT molecular complexity index is 3130. The molecule has 0 saturated heterocycles. The molecule has 0 aliphatic carbocycles. The van der Waals surface area contributed by atoms with E-state index in [1.807, 2.05) is 0 Å². The van der Waals surface area contributed by atoms with Gasteiger partial charge in [0.15, 0.2) is 5.52 Å². The van der Waals surface area contributed by atoms with Crippen LogP contribution in [0.25, 0.3) is 76.5 Å². The third kappa shape index (κ3) is 2.08. The van der Waals surface area contributed by atoms with Crippen LogP contribution in [0.3, 0.4) is 0 Å². The molecule has 0 amide bonds. The van der Waals surface area contributed by atoms with Gasteiger partial charge in [-0.15, -0.1) is 4.57 Å². The van der Waals surface area contributed by atoms with Crippen LogP contribution in [-0.2, 0) is 5.66 Å². The van der Waals surface area contributed by atoms with E-state index in [0.29, 0.717) is 0 Å². The number of benzene rings is 5. The number of nitrogens with zero attached hydrogens (tertiary/aromatic N) is 4. The smallest absolute Gasteiger partial charge is 0.354 e. The molecule has 13 rings (SSSR count). The Morgan fingerprint density at radius 1 is 0.565 bits per heavy atom. The second-order valence-electron chi connectivity index (χ2n) is 12.9. The SMILES string of the molecule is c1cc[n+]2c(c1)-n1c3ccccc3c3ccc4c(c31)C21c2c3ccccc3c3c5ccc6ccccc6c5c5ccc([n+]1c5n23)O4. The van der Waals surface area contributed by atoms with Gasteiger partial charge in [-0.1, -0.05) is 60.7 Å². The number of hydrogen-bond donors (Lipinski definition) is 0. The molecule has 8 heterocycles. The highest BCUT2D eigenvalue weighted by Crippen LogP contribution is 2.55. The van der Waals surface area contributed by atoms with Crippen LogP contribution in [0.5, 0.6) is 11.6 Å². The van der Waals surface area contributed by atoms with Gasteiger partial charge in [-0.2, -0.15) is 13.5 Å². The van der Waals surface area contributed by atoms with Crippen molar-refractivity contribution < 1.29 is 13.9 Å². The van der Waals surface area contributed by atoms with Crippen LogP contribution in [-0.4, -0.2) is 8.97 Å². The highest BCUT2D eigenvalue weighted by Gasteiger charge is 2.67. The molecule has 3 aliphatic rings. The van der Waals surface area contributed by atoms with E-state index in [-0.39, 0.29) is 0 Å². The number of hydrogen-bond acceptors (Lipinski definition) is 1. The standard InChI is InChI=1S/C41H22N4O/c1-2-10-24-23(9-1)16-17-29-35(24)30-19-21-34-45-40(30)44-37(29)26-12-3-4-13-28(26)39(44)41(45)36-32(46-34)20-18-27-25-11-5-6-14-31(25)43(38(27)36)33-15-7-8-22-42(33)41/h1-22H/q+2. The first-order chi connectivity index (χ1) is 22.9. The van der Waals surface area contributed by atoms with Crippen molar-refractivity contribution in [1.29, 1.82) is 0 Å². The summed E-state index contributed by atoms with van der Waals surface area (Å²) in [5.41, 5.74) is 6.56. The van der Waals surface area contributed by atoms with Crippen molar-refractivity contribution in [3.05, 3.63) is 145 Å². The summed E-state index contributed by atoms with van der Waals surface area (Å²) in [4.78, 5) is 0. The Kier molecular flexibility index (Phi) is 3.41. The minimum atomic E-state index is -0.718. The molecule has 0 fully saturated rings. The molecule has 5 aromatic carbocycles. The van der Waals surface area contributed by atoms with Gasteiger partial charge in [-0.3, -0.25) is 0 Å². The molecule has 0 saturated carbocycles. The average molecular weight is 587 g/mol. The molecule has 5 nitrogen and oxygen atoms in total. The quantitative estimate of drug-likeness (QED) is 0.130. The topological polar surface area (TPSA) is 26.3 Å². The first kappa shape index (κ1) is 22.3. The minimum Gasteiger partial charge on any atom is -0.422 e. The normalized spacial score (nSPS) is 17.0. The summed E-state index contributed by atoms with van der Waals surface area (Å²) in [5, 5.41) is 11.3. The molecular weight excluding hydrogens is 564 g/mol. The zero-order valence-corrected chi connectivity index (χ0v) is 24.4. The van der Waals surface area contributed by atoms with Crippen LogP contribution < -0.4 is 13.9 Å². The Morgan fingerprint density at radius 3 is 2.24 bits per heavy atom. The van der Waals surface area contributed by atoms with E-state index < -0.39 is 5.66 Å². The Morgan fingerprint density at radius 2 is 1.30 bits per heavy atom. The maximum Gasteiger partial charge on any atom is 0.354 e. The molecule has 5 heteroatoms. The summed E-state index contributed by atoms with van der Waals surface area (Å²) < 4.78 is 17.0. The third-order valence-electron chi connectivity index (χ3n) is 11.0. The molecule has 46 heavy (non-hydrogen) atoms. The van der Waals surface area contributed by atoms with E-state index in [2.05, 4.69) is 152 Å². The van der Waals surface area contributed by atoms with Crippen LogP contribution in [0.4, 0.5) is 0 Å². The number of aromatic nitrogens is 4. The predicted octanol–water partition coefficient (Wildman–Crippen LogP) is 8.25. The van der Waals surface area contributed by atoms with Crippen molar-refractivity contribution >= 4 is 70.7 Å². The van der Waals surface area contributed by atoms with Gasteiger partial charge in [0.05, 0.1) is 11.6 Å². The van der Waals surface area contributed by atoms with Gasteiger partial charge in [0, 0.05) is 44.5 Å². The van der Waals surface area contributed by atoms with Crippen molar-refractivity contribution in [1.82, 2.24) is 8.97 Å². The number of fused-ring (bicyclic) bond motifs is 13. The molecule has 210 valence electrons. The maximum atomic E-state index is 6.97. The molecule has 10 aromatic rings. The largest absolute Gasteiger partial charge is 0.422 e. The highest BCUT2D eigenvalue weighted by molar-refractivity contribution is 6.27. The van der Waals surface area contributed by atoms with Crippen LogP contribution in [0, 0.1) is 0 Å². The first-order valence-electron chi connectivity index (χ1n) is 15.9. The minimum absolute atomic E-state index is 0.718. The zero-order valence-electron chi connectivity index (χ0n) is 24.4. The van der Waals surface area contributed by atoms with Gasteiger partial charge in [0.25, 0.3) is 11.7 Å². The summed E-state index contributed by atoms with van der Waals surface area (Å²) in [6, 6.07) is 46.7. The van der Waals surface area contributed by atoms with Crippen molar-refractivity contribution in [2.45, 2.75) is 5.66 Å². The lowest BCUT2D eigenvalue weighted by molar-refractivity contribution is -0.958. The second-order valence-corrected chi connectivity index (χ2v) is 12.9. The van der Waals surface area contributed by atoms with Crippen molar-refractivity contribution in [2.75, 3.05) is 0 Å². The summed E-state index contributed by atoms with van der Waals surface area (Å²) in [5.74, 6) is 2.89. The highest BCUT2D eigenvalue weighted by atomic mass is 16.5. The van der Waals surface area contributed by atoms with E-state index in [4.69, 9.17) is 4.74 Å². The Labute approximate surface area is 260 Å². The van der Waals surface area contributed by atoms with Gasteiger partial charge in [0.2, 0.25) is 5.69 Å². The number of pyridine rings is 3.